The van der Waals surface area contributed by atoms with E-state index in [2.05, 4.69) is 10.5 Å². The number of benzene rings is 3. The van der Waals surface area contributed by atoms with E-state index in [0.29, 0.717) is 11.8 Å². The van der Waals surface area contributed by atoms with Gasteiger partial charge in [-0.25, -0.2) is 4.79 Å². The van der Waals surface area contributed by atoms with Crippen LogP contribution in [0.1, 0.15) is 38.9 Å². The summed E-state index contributed by atoms with van der Waals surface area (Å²) < 4.78 is 53.5. The molecule has 0 atom stereocenters. The highest BCUT2D eigenvalue weighted by atomic mass is 19.4. The van der Waals surface area contributed by atoms with E-state index in [1.54, 1.807) is 6.07 Å². The van der Waals surface area contributed by atoms with Crippen LogP contribution in [0.4, 0.5) is 24.5 Å². The molecule has 0 saturated carbocycles. The van der Waals surface area contributed by atoms with E-state index in [1.807, 2.05) is 0 Å². The van der Waals surface area contributed by atoms with E-state index in [4.69, 9.17) is 14.5 Å². The molecular weight excluding hydrogens is 533 g/mol. The summed E-state index contributed by atoms with van der Waals surface area (Å²) in [7, 11) is 2.75. The van der Waals surface area contributed by atoms with Crippen molar-refractivity contribution in [2.24, 2.45) is 0 Å². The molecule has 0 fully saturated rings. The highest BCUT2D eigenvalue weighted by molar-refractivity contribution is 6.13. The van der Waals surface area contributed by atoms with Crippen LogP contribution < -0.4 is 15.0 Å². The number of anilines is 2. The van der Waals surface area contributed by atoms with Crippen molar-refractivity contribution in [2.45, 2.75) is 13.1 Å². The molecule has 0 bridgehead atoms. The molecule has 2 amide bonds. The summed E-state index contributed by atoms with van der Waals surface area (Å²) in [5.74, 6) is -2.73. The average molecular weight is 552 g/mol. The Bertz CT molecular complexity index is 1720. The molecule has 2 N–H and O–H groups in total. The SMILES string of the molecule is COc1ccc(N(C)C(C)=O)cc1-c1cc2onc(C(=O)Nc3ccc(C#N)cc3C(=O)O)c2cc1C(F)(F)F. The molecule has 13 heteroatoms. The van der Waals surface area contributed by atoms with Gasteiger partial charge in [-0.15, -0.1) is 0 Å². The molecular formula is C27H19F3N4O6. The third-order valence-corrected chi connectivity index (χ3v) is 6.09. The molecule has 204 valence electrons. The van der Waals surface area contributed by atoms with Crippen LogP contribution in [0.5, 0.6) is 5.75 Å². The Balaban J connectivity index is 1.86. The summed E-state index contributed by atoms with van der Waals surface area (Å²) in [4.78, 5) is 37.7. The molecule has 0 unspecified atom stereocenters. The third kappa shape index (κ3) is 5.14. The van der Waals surface area contributed by atoms with Crippen LogP contribution in [0.25, 0.3) is 22.1 Å². The number of carboxylic acids is 1. The molecule has 1 heterocycles. The number of nitrogens with zero attached hydrogens (tertiary/aromatic N) is 3. The van der Waals surface area contributed by atoms with Gasteiger partial charge in [0, 0.05) is 30.8 Å². The van der Waals surface area contributed by atoms with E-state index >= 15 is 0 Å². The third-order valence-electron chi connectivity index (χ3n) is 6.09. The predicted octanol–water partition coefficient (Wildman–Crippen LogP) is 5.33. The van der Waals surface area contributed by atoms with Gasteiger partial charge in [0.15, 0.2) is 11.3 Å². The Labute approximate surface area is 224 Å². The molecule has 0 radical (unpaired) electrons. The number of nitrogens with one attached hydrogen (secondary N) is 1. The van der Waals surface area contributed by atoms with Gasteiger partial charge < -0.3 is 24.6 Å². The Morgan fingerprint density at radius 3 is 2.42 bits per heavy atom. The molecule has 10 nitrogen and oxygen atoms in total. The summed E-state index contributed by atoms with van der Waals surface area (Å²) in [6.07, 6.45) is -4.90. The number of hydrogen-bond acceptors (Lipinski definition) is 7. The second kappa shape index (κ2) is 10.4. The number of hydrogen-bond donors (Lipinski definition) is 2. The Morgan fingerprint density at radius 2 is 1.82 bits per heavy atom. The first kappa shape index (κ1) is 27.6. The maximum atomic E-state index is 14.3. The summed E-state index contributed by atoms with van der Waals surface area (Å²) in [5, 5.41) is 24.1. The van der Waals surface area contributed by atoms with E-state index in [9.17, 15) is 32.7 Å². The first-order valence-electron chi connectivity index (χ1n) is 11.4. The molecule has 0 saturated heterocycles. The van der Waals surface area contributed by atoms with Crippen LogP contribution in [0.3, 0.4) is 0 Å². The first-order chi connectivity index (χ1) is 18.8. The van der Waals surface area contributed by atoms with Crippen LogP contribution in [0.15, 0.2) is 53.1 Å². The van der Waals surface area contributed by atoms with E-state index in [1.165, 1.54) is 56.3 Å². The van der Waals surface area contributed by atoms with E-state index in [-0.39, 0.29) is 45.0 Å². The Morgan fingerprint density at radius 1 is 1.10 bits per heavy atom. The van der Waals surface area contributed by atoms with Gasteiger partial charge in [0.1, 0.15) is 5.75 Å². The van der Waals surface area contributed by atoms with Gasteiger partial charge in [-0.1, -0.05) is 5.16 Å². The number of carbonyl (C=O) groups is 3. The van der Waals surface area contributed by atoms with Crippen LogP contribution in [0.2, 0.25) is 0 Å². The number of ether oxygens (including phenoxy) is 1. The lowest BCUT2D eigenvalue weighted by atomic mass is 9.95. The highest BCUT2D eigenvalue weighted by Gasteiger charge is 2.36. The van der Waals surface area contributed by atoms with Gasteiger partial charge in [0.2, 0.25) is 5.91 Å². The second-order valence-corrected chi connectivity index (χ2v) is 8.52. The van der Waals surface area contributed by atoms with Crippen molar-refractivity contribution in [3.05, 3.63) is 70.9 Å². The van der Waals surface area contributed by atoms with Crippen LogP contribution in [-0.4, -0.2) is 42.2 Å². The zero-order valence-corrected chi connectivity index (χ0v) is 21.1. The minimum atomic E-state index is -4.90. The van der Waals surface area contributed by atoms with Crippen molar-refractivity contribution in [1.29, 1.82) is 5.26 Å². The summed E-state index contributed by atoms with van der Waals surface area (Å²) in [6.45, 7) is 1.30. The quantitative estimate of drug-likeness (QED) is 0.327. The number of methoxy groups -OCH3 is 1. The number of amides is 2. The fourth-order valence-electron chi connectivity index (χ4n) is 3.98. The number of carbonyl (C=O) groups excluding carboxylic acids is 2. The number of fused-ring (bicyclic) bond motifs is 1. The summed E-state index contributed by atoms with van der Waals surface area (Å²) in [5.41, 5.74) is -2.43. The average Bonchev–Trinajstić information content (AvgIpc) is 3.34. The van der Waals surface area contributed by atoms with Crippen LogP contribution >= 0.6 is 0 Å². The predicted molar refractivity (Wildman–Crippen MR) is 136 cm³/mol. The van der Waals surface area contributed by atoms with Gasteiger partial charge in [-0.05, 0) is 48.5 Å². The normalized spacial score (nSPS) is 11.1. The molecule has 40 heavy (non-hydrogen) atoms. The minimum Gasteiger partial charge on any atom is -0.496 e. The maximum absolute atomic E-state index is 14.3. The molecule has 0 aliphatic carbocycles. The van der Waals surface area contributed by atoms with Crippen molar-refractivity contribution < 1.29 is 41.9 Å². The second-order valence-electron chi connectivity index (χ2n) is 8.52. The van der Waals surface area contributed by atoms with Crippen molar-refractivity contribution >= 4 is 40.1 Å². The number of halogens is 3. The van der Waals surface area contributed by atoms with Crippen molar-refractivity contribution in [3.63, 3.8) is 0 Å². The van der Waals surface area contributed by atoms with Gasteiger partial charge >= 0.3 is 12.1 Å². The number of rotatable bonds is 6. The van der Waals surface area contributed by atoms with Crippen molar-refractivity contribution in [1.82, 2.24) is 5.16 Å². The molecule has 1 aromatic heterocycles. The Kier molecular flexibility index (Phi) is 7.20. The highest BCUT2D eigenvalue weighted by Crippen LogP contribution is 2.44. The maximum Gasteiger partial charge on any atom is 0.417 e. The number of carboxylic acid groups (broad SMARTS) is 1. The zero-order chi connectivity index (χ0) is 29.4. The lowest BCUT2D eigenvalue weighted by Crippen LogP contribution is -2.22. The number of aromatic carboxylic acids is 1. The van der Waals surface area contributed by atoms with Crippen LogP contribution in [-0.2, 0) is 11.0 Å². The van der Waals surface area contributed by atoms with Crippen LogP contribution in [0, 0.1) is 11.3 Å². The van der Waals surface area contributed by atoms with Crippen molar-refractivity contribution in [2.75, 3.05) is 24.4 Å². The lowest BCUT2D eigenvalue weighted by molar-refractivity contribution is -0.137. The standard InChI is InChI=1S/C27H19F3N4O6/c1-13(35)34(2)15-5-7-22(39-3)17(9-15)16-11-23-19(10-20(16)27(28,29)30)24(33-40-23)25(36)32-21-6-4-14(12-31)8-18(21)26(37)38/h4-11H,1-3H3,(H,32,36)(H,37,38). The van der Waals surface area contributed by atoms with Gasteiger partial charge in [0.25, 0.3) is 5.91 Å². The summed E-state index contributed by atoms with van der Waals surface area (Å²) in [6, 6.07) is 11.3. The molecule has 0 spiro atoms. The lowest BCUT2D eigenvalue weighted by Gasteiger charge is -2.20. The number of aromatic nitrogens is 1. The molecule has 4 rings (SSSR count). The minimum absolute atomic E-state index is 0.00779. The van der Waals surface area contributed by atoms with Gasteiger partial charge in [-0.2, -0.15) is 18.4 Å². The smallest absolute Gasteiger partial charge is 0.417 e. The molecule has 0 aliphatic heterocycles. The Hall–Kier alpha value is -5.38. The molecule has 3 aromatic carbocycles. The monoisotopic (exact) mass is 552 g/mol. The van der Waals surface area contributed by atoms with E-state index in [0.717, 1.165) is 12.1 Å². The van der Waals surface area contributed by atoms with Gasteiger partial charge in [0.05, 0.1) is 40.9 Å². The number of nitriles is 1. The fourth-order valence-corrected chi connectivity index (χ4v) is 3.98. The molecule has 4 aromatic rings. The van der Waals surface area contributed by atoms with E-state index < -0.39 is 34.9 Å². The van der Waals surface area contributed by atoms with Gasteiger partial charge in [-0.3, -0.25) is 9.59 Å². The summed E-state index contributed by atoms with van der Waals surface area (Å²) >= 11 is 0. The first-order valence-corrected chi connectivity index (χ1v) is 11.4. The topological polar surface area (TPSA) is 146 Å². The number of alkyl halides is 3. The zero-order valence-electron chi connectivity index (χ0n) is 21.1. The fraction of sp³-hybridized carbons (Fsp3) is 0.148. The molecule has 0 aliphatic rings. The van der Waals surface area contributed by atoms with Crippen molar-refractivity contribution in [3.8, 4) is 22.9 Å². The largest absolute Gasteiger partial charge is 0.496 e.